The third kappa shape index (κ3) is 6.08. The van der Waals surface area contributed by atoms with Crippen LogP contribution < -0.4 is 16.0 Å². The molecule has 0 radical (unpaired) electrons. The van der Waals surface area contributed by atoms with E-state index < -0.39 is 61.6 Å². The fourth-order valence-corrected chi connectivity index (χ4v) is 7.28. The first-order valence-electron chi connectivity index (χ1n) is 13.4. The minimum absolute atomic E-state index is 0.0742. The van der Waals surface area contributed by atoms with E-state index in [9.17, 15) is 17.6 Å². The molecule has 0 saturated carbocycles. The number of halogens is 4. The summed E-state index contributed by atoms with van der Waals surface area (Å²) in [6.07, 6.45) is 4.18. The van der Waals surface area contributed by atoms with E-state index >= 15 is 13.2 Å². The van der Waals surface area contributed by atoms with Gasteiger partial charge in [-0.15, -0.1) is 0 Å². The Balaban J connectivity index is 1.45. The van der Waals surface area contributed by atoms with E-state index in [0.29, 0.717) is 24.7 Å². The molecule has 218 valence electrons. The van der Waals surface area contributed by atoms with Gasteiger partial charge in [0.25, 0.3) is 5.91 Å². The number of hydrogen-bond donors (Lipinski definition) is 2. The maximum Gasteiger partial charge on any atom is 0.258 e. The molecule has 2 saturated heterocycles. The highest BCUT2D eigenvalue weighted by molar-refractivity contribution is 7.91. The van der Waals surface area contributed by atoms with Crippen molar-refractivity contribution in [1.82, 2.24) is 4.98 Å². The summed E-state index contributed by atoms with van der Waals surface area (Å²) in [6, 6.07) is 5.25. The zero-order valence-electron chi connectivity index (χ0n) is 22.3. The van der Waals surface area contributed by atoms with Crippen LogP contribution in [0.25, 0.3) is 11.1 Å². The van der Waals surface area contributed by atoms with Crippen LogP contribution in [0, 0.1) is 29.2 Å². The van der Waals surface area contributed by atoms with Crippen LogP contribution >= 0.6 is 0 Å². The third-order valence-corrected chi connectivity index (χ3v) is 9.47. The highest BCUT2D eigenvalue weighted by Crippen LogP contribution is 2.37. The predicted octanol–water partition coefficient (Wildman–Crippen LogP) is 5.02. The van der Waals surface area contributed by atoms with Crippen molar-refractivity contribution < 1.29 is 30.8 Å². The van der Waals surface area contributed by atoms with Gasteiger partial charge < -0.3 is 16.0 Å². The second-order valence-electron chi connectivity index (χ2n) is 10.9. The normalized spacial score (nSPS) is 21.1. The SMILES string of the molecule is C[C@@H]1C[C@H](N)CN(c2ccncc2NC(=O)c2ccc(F)c(-c3c(F)cc(C4CCS(=O)(=O)CC4)cc3F)c2F)C1. The molecule has 41 heavy (non-hydrogen) atoms. The van der Waals surface area contributed by atoms with E-state index in [1.165, 1.54) is 6.20 Å². The number of piperidine rings is 1. The van der Waals surface area contributed by atoms with Gasteiger partial charge in [0, 0.05) is 25.3 Å². The molecule has 7 nitrogen and oxygen atoms in total. The van der Waals surface area contributed by atoms with Gasteiger partial charge >= 0.3 is 0 Å². The van der Waals surface area contributed by atoms with Crippen LogP contribution in [0.2, 0.25) is 0 Å². The Morgan fingerprint density at radius 1 is 1.00 bits per heavy atom. The average molecular weight is 591 g/mol. The predicted molar refractivity (Wildman–Crippen MR) is 148 cm³/mol. The summed E-state index contributed by atoms with van der Waals surface area (Å²) >= 11 is 0. The van der Waals surface area contributed by atoms with Crippen LogP contribution in [-0.4, -0.2) is 49.9 Å². The molecule has 0 unspecified atom stereocenters. The number of nitrogens with one attached hydrogen (secondary N) is 1. The molecule has 1 aromatic heterocycles. The quantitative estimate of drug-likeness (QED) is 0.405. The lowest BCUT2D eigenvalue weighted by Gasteiger charge is -2.37. The zero-order valence-corrected chi connectivity index (χ0v) is 23.2. The van der Waals surface area contributed by atoms with Gasteiger partial charge in [0.05, 0.1) is 45.8 Å². The van der Waals surface area contributed by atoms with Crippen LogP contribution in [0.3, 0.4) is 0 Å². The molecule has 0 aliphatic carbocycles. The molecular weight excluding hydrogens is 560 g/mol. The number of carbonyl (C=O) groups excluding carboxylic acids is 1. The molecule has 12 heteroatoms. The molecule has 2 aliphatic rings. The molecule has 2 atom stereocenters. The number of carbonyl (C=O) groups is 1. The molecule has 2 aromatic carbocycles. The van der Waals surface area contributed by atoms with Gasteiger partial charge in [-0.05, 0) is 67.0 Å². The Hall–Kier alpha value is -3.51. The zero-order chi connectivity index (χ0) is 29.5. The number of hydrogen-bond acceptors (Lipinski definition) is 6. The van der Waals surface area contributed by atoms with Gasteiger partial charge in [-0.3, -0.25) is 9.78 Å². The monoisotopic (exact) mass is 590 g/mol. The summed E-state index contributed by atoms with van der Waals surface area (Å²) in [7, 11) is -3.19. The maximum atomic E-state index is 15.7. The lowest BCUT2D eigenvalue weighted by atomic mass is 9.90. The molecule has 0 spiro atoms. The Morgan fingerprint density at radius 2 is 1.68 bits per heavy atom. The number of sulfone groups is 1. The largest absolute Gasteiger partial charge is 0.368 e. The molecule has 2 aliphatic heterocycles. The fourth-order valence-electron chi connectivity index (χ4n) is 5.79. The maximum absolute atomic E-state index is 15.7. The van der Waals surface area contributed by atoms with E-state index in [4.69, 9.17) is 5.73 Å². The number of rotatable bonds is 5. The molecule has 3 aromatic rings. The standard InChI is InChI=1S/C29H30F4N4O3S/c1-16-10-19(34)15-37(14-16)25-4-7-35-13-24(25)36-29(38)20-2-3-21(30)27(28(20)33)26-22(31)11-18(12-23(26)32)17-5-8-41(39,40)9-6-17/h2-4,7,11-13,16-17,19H,5-6,8-10,14-15,34H2,1H3,(H,36,38)/t16-,19+/m1/s1. The van der Waals surface area contributed by atoms with Crippen molar-refractivity contribution in [3.05, 3.63) is 77.1 Å². The van der Waals surface area contributed by atoms with Crippen molar-refractivity contribution in [2.75, 3.05) is 34.8 Å². The number of aromatic nitrogens is 1. The highest BCUT2D eigenvalue weighted by Gasteiger charge is 2.30. The van der Waals surface area contributed by atoms with E-state index in [-0.39, 0.29) is 41.6 Å². The van der Waals surface area contributed by atoms with Crippen LogP contribution in [0.1, 0.15) is 48.0 Å². The first-order valence-corrected chi connectivity index (χ1v) is 15.2. The number of amides is 1. The number of nitrogens with zero attached hydrogens (tertiary/aromatic N) is 2. The minimum Gasteiger partial charge on any atom is -0.368 e. The summed E-state index contributed by atoms with van der Waals surface area (Å²) in [6.45, 7) is 3.28. The van der Waals surface area contributed by atoms with E-state index in [1.54, 1.807) is 12.3 Å². The van der Waals surface area contributed by atoms with Crippen molar-refractivity contribution in [3.8, 4) is 11.1 Å². The van der Waals surface area contributed by atoms with Crippen LogP contribution in [-0.2, 0) is 9.84 Å². The summed E-state index contributed by atoms with van der Waals surface area (Å²) < 4.78 is 84.5. The van der Waals surface area contributed by atoms with Crippen molar-refractivity contribution in [3.63, 3.8) is 0 Å². The van der Waals surface area contributed by atoms with Crippen LogP contribution in [0.5, 0.6) is 0 Å². The van der Waals surface area contributed by atoms with Crippen molar-refractivity contribution in [2.24, 2.45) is 11.7 Å². The number of pyridine rings is 1. The molecule has 3 heterocycles. The molecule has 3 N–H and O–H groups in total. The van der Waals surface area contributed by atoms with Crippen molar-refractivity contribution in [1.29, 1.82) is 0 Å². The smallest absolute Gasteiger partial charge is 0.258 e. The first kappa shape index (κ1) is 29.0. The van der Waals surface area contributed by atoms with Gasteiger partial charge in [0.2, 0.25) is 0 Å². The lowest BCUT2D eigenvalue weighted by Crippen LogP contribution is -2.46. The second-order valence-corrected chi connectivity index (χ2v) is 13.2. The van der Waals surface area contributed by atoms with Gasteiger partial charge in [-0.1, -0.05) is 6.92 Å². The number of benzene rings is 2. The Labute approximate surface area is 235 Å². The Morgan fingerprint density at radius 3 is 2.34 bits per heavy atom. The molecule has 0 bridgehead atoms. The first-order chi connectivity index (χ1) is 19.4. The summed E-state index contributed by atoms with van der Waals surface area (Å²) in [5.41, 5.74) is 4.73. The topological polar surface area (TPSA) is 105 Å². The summed E-state index contributed by atoms with van der Waals surface area (Å²) in [5.74, 6) is -6.36. The Bertz CT molecular complexity index is 1550. The van der Waals surface area contributed by atoms with Gasteiger partial charge in [-0.2, -0.15) is 0 Å². The van der Waals surface area contributed by atoms with Crippen molar-refractivity contribution >= 4 is 27.1 Å². The van der Waals surface area contributed by atoms with Gasteiger partial charge in [0.1, 0.15) is 33.1 Å². The number of nitrogens with two attached hydrogens (primary N) is 1. The average Bonchev–Trinajstić information content (AvgIpc) is 2.89. The molecule has 2 fully saturated rings. The van der Waals surface area contributed by atoms with E-state index in [1.807, 2.05) is 4.90 Å². The fraction of sp³-hybridized carbons (Fsp3) is 0.379. The second kappa shape index (κ2) is 11.4. The molecular formula is C29H30F4N4O3S. The summed E-state index contributed by atoms with van der Waals surface area (Å²) in [5, 5.41) is 2.60. The highest BCUT2D eigenvalue weighted by atomic mass is 32.2. The minimum atomic E-state index is -3.19. The lowest BCUT2D eigenvalue weighted by molar-refractivity contribution is 0.102. The third-order valence-electron chi connectivity index (χ3n) is 7.76. The van der Waals surface area contributed by atoms with Gasteiger partial charge in [0.15, 0.2) is 0 Å². The van der Waals surface area contributed by atoms with Gasteiger partial charge in [-0.25, -0.2) is 26.0 Å². The van der Waals surface area contributed by atoms with Crippen molar-refractivity contribution in [2.45, 2.75) is 38.1 Å². The van der Waals surface area contributed by atoms with E-state index in [2.05, 4.69) is 17.2 Å². The van der Waals surface area contributed by atoms with E-state index in [0.717, 1.165) is 30.7 Å². The number of anilines is 2. The molecule has 1 amide bonds. The summed E-state index contributed by atoms with van der Waals surface area (Å²) in [4.78, 5) is 19.2. The van der Waals surface area contributed by atoms with Crippen LogP contribution in [0.4, 0.5) is 28.9 Å². The molecule has 5 rings (SSSR count). The van der Waals surface area contributed by atoms with Crippen LogP contribution in [0.15, 0.2) is 42.7 Å². The Kier molecular flexibility index (Phi) is 8.06.